The van der Waals surface area contributed by atoms with Crippen molar-refractivity contribution >= 4 is 39.6 Å². The number of furan rings is 1. The third-order valence-corrected chi connectivity index (χ3v) is 4.93. The van der Waals surface area contributed by atoms with Gasteiger partial charge in [0.1, 0.15) is 28.4 Å². The number of phenolic OH excluding ortho intramolecular Hbond substituents is 1. The number of benzene rings is 3. The van der Waals surface area contributed by atoms with Crippen molar-refractivity contribution < 1.29 is 23.8 Å². The average Bonchev–Trinajstić information content (AvgIpc) is 3.11. The molecular weight excluding hydrogens is 382 g/mol. The molecule has 0 unspecified atom stereocenters. The molecule has 6 nitrogen and oxygen atoms in total. The number of hydrogen-bond donors (Lipinski definition) is 1. The lowest BCUT2D eigenvalue weighted by atomic mass is 9.98. The summed E-state index contributed by atoms with van der Waals surface area (Å²) in [6.45, 7) is 3.69. The van der Waals surface area contributed by atoms with Gasteiger partial charge >= 0.3 is 5.97 Å². The first-order chi connectivity index (χ1) is 14.5. The van der Waals surface area contributed by atoms with Gasteiger partial charge in [0.2, 0.25) is 0 Å². The summed E-state index contributed by atoms with van der Waals surface area (Å²) in [5.74, 6) is 0.683. The van der Waals surface area contributed by atoms with Crippen molar-refractivity contribution in [3.63, 3.8) is 0 Å². The van der Waals surface area contributed by atoms with Crippen LogP contribution in [-0.2, 0) is 4.74 Å². The average molecular weight is 403 g/mol. The standard InChI is InChI=1S/C24H21NO5/c1-4-29-24(27)20-14(2)30-23-18-8-6-5-7-17(18)22(26)19(21(20)23)13-25-15-9-11-16(28-3)12-10-15/h5-13,26H,4H2,1-3H3. The van der Waals surface area contributed by atoms with Crippen LogP contribution in [0.3, 0.4) is 0 Å². The molecule has 0 saturated carbocycles. The number of carbonyl (C=O) groups is 1. The fourth-order valence-corrected chi connectivity index (χ4v) is 3.52. The topological polar surface area (TPSA) is 81.3 Å². The summed E-state index contributed by atoms with van der Waals surface area (Å²) in [4.78, 5) is 17.2. The van der Waals surface area contributed by atoms with Crippen LogP contribution in [0.15, 0.2) is 57.9 Å². The molecule has 0 aliphatic heterocycles. The maximum absolute atomic E-state index is 12.7. The summed E-state index contributed by atoms with van der Waals surface area (Å²) in [5.41, 5.74) is 1.89. The second-order valence-electron chi connectivity index (χ2n) is 6.72. The van der Waals surface area contributed by atoms with Crippen LogP contribution in [0.25, 0.3) is 21.7 Å². The van der Waals surface area contributed by atoms with Gasteiger partial charge in [-0.3, -0.25) is 4.99 Å². The zero-order chi connectivity index (χ0) is 21.3. The number of nitrogens with zero attached hydrogens (tertiary/aromatic N) is 1. The number of aliphatic imine (C=N–C) groups is 1. The van der Waals surface area contributed by atoms with E-state index in [4.69, 9.17) is 13.9 Å². The summed E-state index contributed by atoms with van der Waals surface area (Å²) in [6, 6.07) is 14.5. The Morgan fingerprint density at radius 1 is 1.13 bits per heavy atom. The number of aromatic hydroxyl groups is 1. The van der Waals surface area contributed by atoms with E-state index in [0.29, 0.717) is 44.3 Å². The number of aryl methyl sites for hydroxylation is 1. The summed E-state index contributed by atoms with van der Waals surface area (Å²) < 4.78 is 16.4. The van der Waals surface area contributed by atoms with Gasteiger partial charge in [-0.25, -0.2) is 4.79 Å². The van der Waals surface area contributed by atoms with Gasteiger partial charge in [-0.15, -0.1) is 0 Å². The van der Waals surface area contributed by atoms with Crippen molar-refractivity contribution in [1.29, 1.82) is 0 Å². The van der Waals surface area contributed by atoms with Gasteiger partial charge in [0.25, 0.3) is 0 Å². The van der Waals surface area contributed by atoms with E-state index in [1.54, 1.807) is 57.5 Å². The van der Waals surface area contributed by atoms with Crippen LogP contribution in [0.2, 0.25) is 0 Å². The normalized spacial score (nSPS) is 11.4. The molecule has 0 radical (unpaired) electrons. The monoisotopic (exact) mass is 403 g/mol. The van der Waals surface area contributed by atoms with Crippen molar-refractivity contribution in [2.24, 2.45) is 4.99 Å². The lowest BCUT2D eigenvalue weighted by Crippen LogP contribution is -2.06. The van der Waals surface area contributed by atoms with Crippen LogP contribution in [0.5, 0.6) is 11.5 Å². The van der Waals surface area contributed by atoms with E-state index in [0.717, 1.165) is 5.75 Å². The first-order valence-electron chi connectivity index (χ1n) is 9.57. The van der Waals surface area contributed by atoms with E-state index in [-0.39, 0.29) is 12.4 Å². The van der Waals surface area contributed by atoms with Crippen molar-refractivity contribution in [2.75, 3.05) is 13.7 Å². The maximum Gasteiger partial charge on any atom is 0.342 e. The molecule has 1 N–H and O–H groups in total. The SMILES string of the molecule is CCOC(=O)c1c(C)oc2c1c(C=Nc1ccc(OC)cc1)c(O)c1ccccc12. The first kappa shape index (κ1) is 19.5. The van der Waals surface area contributed by atoms with Gasteiger partial charge in [0.15, 0.2) is 0 Å². The zero-order valence-corrected chi connectivity index (χ0v) is 16.9. The maximum atomic E-state index is 12.7. The molecule has 1 heterocycles. The Kier molecular flexibility index (Phi) is 5.14. The van der Waals surface area contributed by atoms with Gasteiger partial charge in [0, 0.05) is 27.9 Å². The molecule has 4 rings (SSSR count). The van der Waals surface area contributed by atoms with E-state index < -0.39 is 5.97 Å². The molecule has 0 bridgehead atoms. The molecule has 1 aromatic heterocycles. The second kappa shape index (κ2) is 7.91. The molecule has 0 atom stereocenters. The summed E-state index contributed by atoms with van der Waals surface area (Å²) >= 11 is 0. The van der Waals surface area contributed by atoms with Crippen LogP contribution >= 0.6 is 0 Å². The van der Waals surface area contributed by atoms with Crippen LogP contribution in [-0.4, -0.2) is 31.0 Å². The summed E-state index contributed by atoms with van der Waals surface area (Å²) in [7, 11) is 1.60. The van der Waals surface area contributed by atoms with E-state index in [2.05, 4.69) is 4.99 Å². The predicted octanol–water partition coefficient (Wildman–Crippen LogP) is 5.54. The van der Waals surface area contributed by atoms with Gasteiger partial charge in [-0.2, -0.15) is 0 Å². The number of phenols is 1. The molecule has 3 aromatic carbocycles. The second-order valence-corrected chi connectivity index (χ2v) is 6.72. The fourth-order valence-electron chi connectivity index (χ4n) is 3.52. The predicted molar refractivity (Wildman–Crippen MR) is 116 cm³/mol. The summed E-state index contributed by atoms with van der Waals surface area (Å²) in [6.07, 6.45) is 1.55. The van der Waals surface area contributed by atoms with E-state index in [1.807, 2.05) is 18.2 Å². The van der Waals surface area contributed by atoms with Gasteiger partial charge in [-0.1, -0.05) is 24.3 Å². The molecule has 30 heavy (non-hydrogen) atoms. The highest BCUT2D eigenvalue weighted by Gasteiger charge is 2.25. The van der Waals surface area contributed by atoms with Gasteiger partial charge < -0.3 is 19.0 Å². The van der Waals surface area contributed by atoms with Crippen LogP contribution in [0.4, 0.5) is 5.69 Å². The minimum absolute atomic E-state index is 0.0294. The molecule has 152 valence electrons. The third-order valence-electron chi connectivity index (χ3n) is 4.93. The Hall–Kier alpha value is -3.80. The van der Waals surface area contributed by atoms with Crippen molar-refractivity contribution in [1.82, 2.24) is 0 Å². The highest BCUT2D eigenvalue weighted by molar-refractivity contribution is 6.21. The quantitative estimate of drug-likeness (QED) is 0.350. The van der Waals surface area contributed by atoms with Crippen molar-refractivity contribution in [3.8, 4) is 11.5 Å². The molecule has 0 fully saturated rings. The number of fused-ring (bicyclic) bond motifs is 3. The molecule has 0 amide bonds. The van der Waals surface area contributed by atoms with E-state index in [1.165, 1.54) is 0 Å². The molecule has 0 saturated heterocycles. The lowest BCUT2D eigenvalue weighted by Gasteiger charge is -2.08. The van der Waals surface area contributed by atoms with Gasteiger partial charge in [0.05, 0.1) is 19.4 Å². The van der Waals surface area contributed by atoms with Crippen molar-refractivity contribution in [3.05, 3.63) is 65.4 Å². The molecule has 0 aliphatic carbocycles. The molecule has 0 spiro atoms. The molecular formula is C24H21NO5. The lowest BCUT2D eigenvalue weighted by molar-refractivity contribution is 0.0526. The van der Waals surface area contributed by atoms with Crippen LogP contribution in [0, 0.1) is 6.92 Å². The highest BCUT2D eigenvalue weighted by Crippen LogP contribution is 2.41. The number of carbonyl (C=O) groups excluding carboxylic acids is 1. The minimum atomic E-state index is -0.498. The van der Waals surface area contributed by atoms with Gasteiger partial charge in [-0.05, 0) is 38.1 Å². The van der Waals surface area contributed by atoms with Crippen molar-refractivity contribution in [2.45, 2.75) is 13.8 Å². The van der Waals surface area contributed by atoms with Crippen LogP contribution in [0.1, 0.15) is 28.6 Å². The van der Waals surface area contributed by atoms with E-state index >= 15 is 0 Å². The largest absolute Gasteiger partial charge is 0.507 e. The Morgan fingerprint density at radius 2 is 1.83 bits per heavy atom. The highest BCUT2D eigenvalue weighted by atomic mass is 16.5. The van der Waals surface area contributed by atoms with Crippen LogP contribution < -0.4 is 4.74 Å². The molecule has 6 heteroatoms. The number of hydrogen-bond acceptors (Lipinski definition) is 6. The first-order valence-corrected chi connectivity index (χ1v) is 9.57. The Bertz CT molecular complexity index is 1270. The molecule has 4 aromatic rings. The fraction of sp³-hybridized carbons (Fsp3) is 0.167. The number of methoxy groups -OCH3 is 1. The number of rotatable bonds is 5. The zero-order valence-electron chi connectivity index (χ0n) is 16.9. The number of esters is 1. The Balaban J connectivity index is 1.98. The third kappa shape index (κ3) is 3.26. The Labute approximate surface area is 173 Å². The molecule has 0 aliphatic rings. The summed E-state index contributed by atoms with van der Waals surface area (Å²) in [5, 5.41) is 12.9. The Morgan fingerprint density at radius 3 is 2.50 bits per heavy atom. The smallest absolute Gasteiger partial charge is 0.342 e. The minimum Gasteiger partial charge on any atom is -0.507 e. The number of ether oxygens (including phenoxy) is 2. The van der Waals surface area contributed by atoms with E-state index in [9.17, 15) is 9.90 Å².